The van der Waals surface area contributed by atoms with Gasteiger partial charge in [0.2, 0.25) is 5.91 Å². The third kappa shape index (κ3) is 2.99. The summed E-state index contributed by atoms with van der Waals surface area (Å²) in [5, 5.41) is 5.53. The number of pyridine rings is 1. The summed E-state index contributed by atoms with van der Waals surface area (Å²) in [5.41, 5.74) is 0. The number of aromatic nitrogens is 1. The standard InChI is InChI=1S/C9H12BrN3O/c1-6(9(14)11-2)13-8-4-3-7(10)5-12-8/h3-6H,1-2H3,(H,11,14)(H,12,13). The first-order valence-electron chi connectivity index (χ1n) is 4.23. The van der Waals surface area contributed by atoms with Crippen LogP contribution in [0.15, 0.2) is 22.8 Å². The smallest absolute Gasteiger partial charge is 0.241 e. The van der Waals surface area contributed by atoms with E-state index in [0.717, 1.165) is 4.47 Å². The SMILES string of the molecule is CNC(=O)C(C)Nc1ccc(Br)cn1. The summed E-state index contributed by atoms with van der Waals surface area (Å²) in [7, 11) is 1.61. The zero-order chi connectivity index (χ0) is 10.6. The first-order valence-corrected chi connectivity index (χ1v) is 5.02. The van der Waals surface area contributed by atoms with Gasteiger partial charge in [0.05, 0.1) is 0 Å². The molecule has 2 N–H and O–H groups in total. The fourth-order valence-corrected chi connectivity index (χ4v) is 1.20. The van der Waals surface area contributed by atoms with Crippen LogP contribution in [0.3, 0.4) is 0 Å². The van der Waals surface area contributed by atoms with Crippen LogP contribution in [-0.4, -0.2) is 24.0 Å². The maximum atomic E-state index is 11.2. The summed E-state index contributed by atoms with van der Waals surface area (Å²) in [6, 6.07) is 3.39. The first-order chi connectivity index (χ1) is 6.63. The summed E-state index contributed by atoms with van der Waals surface area (Å²) >= 11 is 3.28. The molecule has 1 amide bonds. The highest BCUT2D eigenvalue weighted by Crippen LogP contribution is 2.11. The Morgan fingerprint density at radius 1 is 1.57 bits per heavy atom. The van der Waals surface area contributed by atoms with Crippen LogP contribution < -0.4 is 10.6 Å². The molecule has 4 nitrogen and oxygen atoms in total. The van der Waals surface area contributed by atoms with Crippen molar-refractivity contribution in [3.05, 3.63) is 22.8 Å². The Balaban J connectivity index is 2.60. The fraction of sp³-hybridized carbons (Fsp3) is 0.333. The van der Waals surface area contributed by atoms with Gasteiger partial charge in [-0.2, -0.15) is 0 Å². The quantitative estimate of drug-likeness (QED) is 0.861. The third-order valence-electron chi connectivity index (χ3n) is 1.73. The lowest BCUT2D eigenvalue weighted by atomic mass is 10.3. The maximum absolute atomic E-state index is 11.2. The molecule has 1 rings (SSSR count). The molecule has 0 saturated heterocycles. The second kappa shape index (κ2) is 4.95. The van der Waals surface area contributed by atoms with Crippen LogP contribution in [0.1, 0.15) is 6.92 Å². The first kappa shape index (κ1) is 11.0. The lowest BCUT2D eigenvalue weighted by Crippen LogP contribution is -2.35. The van der Waals surface area contributed by atoms with Gasteiger partial charge in [0.15, 0.2) is 0 Å². The van der Waals surface area contributed by atoms with Gasteiger partial charge in [-0.15, -0.1) is 0 Å². The number of anilines is 1. The minimum Gasteiger partial charge on any atom is -0.359 e. The van der Waals surface area contributed by atoms with E-state index in [1.54, 1.807) is 20.2 Å². The van der Waals surface area contributed by atoms with Crippen LogP contribution in [0.4, 0.5) is 5.82 Å². The molecule has 1 unspecified atom stereocenters. The number of rotatable bonds is 3. The molecule has 5 heteroatoms. The molecule has 1 heterocycles. The summed E-state index contributed by atoms with van der Waals surface area (Å²) in [6.07, 6.45) is 1.68. The van der Waals surface area contributed by atoms with Crippen LogP contribution in [0.25, 0.3) is 0 Å². The molecule has 0 aromatic carbocycles. The predicted molar refractivity (Wildman–Crippen MR) is 59.1 cm³/mol. The molecule has 1 aromatic heterocycles. The van der Waals surface area contributed by atoms with Gasteiger partial charge in [0.25, 0.3) is 0 Å². The van der Waals surface area contributed by atoms with Crippen LogP contribution in [-0.2, 0) is 4.79 Å². The summed E-state index contributed by atoms with van der Waals surface area (Å²) < 4.78 is 0.913. The number of nitrogens with zero attached hydrogens (tertiary/aromatic N) is 1. The van der Waals surface area contributed by atoms with Crippen LogP contribution in [0.5, 0.6) is 0 Å². The van der Waals surface area contributed by atoms with Crippen LogP contribution in [0, 0.1) is 0 Å². The highest BCUT2D eigenvalue weighted by Gasteiger charge is 2.10. The predicted octanol–water partition coefficient (Wildman–Crippen LogP) is 1.39. The molecule has 14 heavy (non-hydrogen) atoms. The van der Waals surface area contributed by atoms with E-state index in [-0.39, 0.29) is 11.9 Å². The van der Waals surface area contributed by atoms with Gasteiger partial charge in [0.1, 0.15) is 11.9 Å². The van der Waals surface area contributed by atoms with Crippen molar-refractivity contribution in [1.29, 1.82) is 0 Å². The number of hydrogen-bond acceptors (Lipinski definition) is 3. The van der Waals surface area contributed by atoms with E-state index in [1.807, 2.05) is 12.1 Å². The topological polar surface area (TPSA) is 54.0 Å². The summed E-state index contributed by atoms with van der Waals surface area (Å²) in [4.78, 5) is 15.3. The van der Waals surface area contributed by atoms with Crippen molar-refractivity contribution in [3.8, 4) is 0 Å². The minimum atomic E-state index is -0.284. The van der Waals surface area contributed by atoms with Crippen molar-refractivity contribution < 1.29 is 4.79 Å². The van der Waals surface area contributed by atoms with E-state index in [2.05, 4.69) is 31.5 Å². The Hall–Kier alpha value is -1.10. The van der Waals surface area contributed by atoms with Gasteiger partial charge in [0, 0.05) is 17.7 Å². The number of amides is 1. The van der Waals surface area contributed by atoms with Crippen molar-refractivity contribution in [2.45, 2.75) is 13.0 Å². The van der Waals surface area contributed by atoms with Crippen molar-refractivity contribution in [1.82, 2.24) is 10.3 Å². The van der Waals surface area contributed by atoms with Gasteiger partial charge in [-0.25, -0.2) is 4.98 Å². The van der Waals surface area contributed by atoms with E-state index in [4.69, 9.17) is 0 Å². The van der Waals surface area contributed by atoms with Crippen molar-refractivity contribution in [2.75, 3.05) is 12.4 Å². The zero-order valence-corrected chi connectivity index (χ0v) is 9.63. The second-order valence-electron chi connectivity index (χ2n) is 2.84. The van der Waals surface area contributed by atoms with E-state index < -0.39 is 0 Å². The zero-order valence-electron chi connectivity index (χ0n) is 8.04. The number of likely N-dealkylation sites (N-methyl/N-ethyl adjacent to an activating group) is 1. The minimum absolute atomic E-state index is 0.0604. The molecule has 1 aromatic rings. The Kier molecular flexibility index (Phi) is 3.88. The van der Waals surface area contributed by atoms with Gasteiger partial charge in [-0.05, 0) is 35.0 Å². The van der Waals surface area contributed by atoms with E-state index in [1.165, 1.54) is 0 Å². The van der Waals surface area contributed by atoms with Crippen molar-refractivity contribution in [2.24, 2.45) is 0 Å². The molecule has 76 valence electrons. The summed E-state index contributed by atoms with van der Waals surface area (Å²) in [5.74, 6) is 0.624. The average Bonchev–Trinajstić information content (AvgIpc) is 2.20. The lowest BCUT2D eigenvalue weighted by molar-refractivity contribution is -0.121. The van der Waals surface area contributed by atoms with Gasteiger partial charge in [-0.3, -0.25) is 4.79 Å². The molecule has 0 aliphatic rings. The van der Waals surface area contributed by atoms with Gasteiger partial charge < -0.3 is 10.6 Å². The third-order valence-corrected chi connectivity index (χ3v) is 2.20. The molecule has 0 bridgehead atoms. The highest BCUT2D eigenvalue weighted by molar-refractivity contribution is 9.10. The van der Waals surface area contributed by atoms with Gasteiger partial charge in [-0.1, -0.05) is 0 Å². The number of carbonyl (C=O) groups excluding carboxylic acids is 1. The van der Waals surface area contributed by atoms with E-state index >= 15 is 0 Å². The number of carbonyl (C=O) groups is 1. The lowest BCUT2D eigenvalue weighted by Gasteiger charge is -2.12. The number of nitrogens with one attached hydrogen (secondary N) is 2. The number of halogens is 1. The molecule has 0 radical (unpaired) electrons. The molecule has 0 saturated carbocycles. The van der Waals surface area contributed by atoms with Gasteiger partial charge >= 0.3 is 0 Å². The molecular weight excluding hydrogens is 246 g/mol. The largest absolute Gasteiger partial charge is 0.359 e. The fourth-order valence-electron chi connectivity index (χ4n) is 0.965. The van der Waals surface area contributed by atoms with Crippen molar-refractivity contribution >= 4 is 27.7 Å². The normalized spacial score (nSPS) is 11.9. The number of hydrogen-bond donors (Lipinski definition) is 2. The second-order valence-corrected chi connectivity index (χ2v) is 3.76. The summed E-state index contributed by atoms with van der Waals surface area (Å²) in [6.45, 7) is 1.78. The molecular formula is C9H12BrN3O. The molecule has 0 spiro atoms. The monoisotopic (exact) mass is 257 g/mol. The Morgan fingerprint density at radius 2 is 2.29 bits per heavy atom. The molecule has 0 aliphatic carbocycles. The van der Waals surface area contributed by atoms with Crippen LogP contribution in [0.2, 0.25) is 0 Å². The Bertz CT molecular complexity index is 312. The van der Waals surface area contributed by atoms with E-state index in [0.29, 0.717) is 5.82 Å². The van der Waals surface area contributed by atoms with Crippen molar-refractivity contribution in [3.63, 3.8) is 0 Å². The van der Waals surface area contributed by atoms with E-state index in [9.17, 15) is 4.79 Å². The average molecular weight is 258 g/mol. The highest BCUT2D eigenvalue weighted by atomic mass is 79.9. The molecule has 1 atom stereocenters. The van der Waals surface area contributed by atoms with Crippen LogP contribution >= 0.6 is 15.9 Å². The Labute approximate surface area is 91.2 Å². The maximum Gasteiger partial charge on any atom is 0.241 e. The molecule has 0 fully saturated rings. The Morgan fingerprint density at radius 3 is 2.79 bits per heavy atom. The molecule has 0 aliphatic heterocycles.